The van der Waals surface area contributed by atoms with Gasteiger partial charge in [0.15, 0.2) is 0 Å². The highest BCUT2D eigenvalue weighted by atomic mass is 16.5. The zero-order chi connectivity index (χ0) is 12.8. The number of urea groups is 1. The third-order valence-electron chi connectivity index (χ3n) is 1.93. The van der Waals surface area contributed by atoms with Crippen LogP contribution in [0.2, 0.25) is 0 Å². The van der Waals surface area contributed by atoms with Gasteiger partial charge < -0.3 is 15.8 Å². The molecular formula is C10H21N3O3. The van der Waals surface area contributed by atoms with Crippen LogP contribution in [0, 0.1) is 0 Å². The first-order valence-electron chi connectivity index (χ1n) is 5.29. The van der Waals surface area contributed by atoms with Crippen LogP contribution in [0.15, 0.2) is 0 Å². The first-order chi connectivity index (χ1) is 7.32. The minimum absolute atomic E-state index is 0.297. The van der Waals surface area contributed by atoms with Crippen LogP contribution in [0.25, 0.3) is 0 Å². The number of carbonyl (C=O) groups excluding carboxylic acids is 2. The second kappa shape index (κ2) is 6.44. The van der Waals surface area contributed by atoms with Crippen molar-refractivity contribution in [2.75, 3.05) is 13.1 Å². The molecule has 0 aromatic heterocycles. The number of nitrogens with two attached hydrogens (primary N) is 1. The maximum atomic E-state index is 11.5. The normalized spacial score (nSPS) is 13.1. The van der Waals surface area contributed by atoms with Crippen molar-refractivity contribution in [1.82, 2.24) is 10.6 Å². The molecule has 0 aliphatic rings. The predicted molar refractivity (Wildman–Crippen MR) is 60.9 cm³/mol. The molecule has 0 fully saturated rings. The molecule has 1 atom stereocenters. The number of hydrogen-bond acceptors (Lipinski definition) is 4. The number of carbonyl (C=O) groups is 2. The average molecular weight is 231 g/mol. The van der Waals surface area contributed by atoms with E-state index in [0.717, 1.165) is 0 Å². The zero-order valence-electron chi connectivity index (χ0n) is 10.3. The number of amides is 3. The van der Waals surface area contributed by atoms with E-state index in [2.05, 4.69) is 10.6 Å². The lowest BCUT2D eigenvalue weighted by molar-refractivity contribution is -0.140. The number of imide groups is 1. The van der Waals surface area contributed by atoms with Crippen molar-refractivity contribution < 1.29 is 14.3 Å². The van der Waals surface area contributed by atoms with Crippen LogP contribution in [0.5, 0.6) is 0 Å². The Morgan fingerprint density at radius 3 is 2.44 bits per heavy atom. The third-order valence-corrected chi connectivity index (χ3v) is 1.93. The van der Waals surface area contributed by atoms with Crippen molar-refractivity contribution >= 4 is 11.9 Å². The van der Waals surface area contributed by atoms with Gasteiger partial charge in [-0.3, -0.25) is 10.1 Å². The molecule has 0 aliphatic carbocycles. The molecular weight excluding hydrogens is 210 g/mol. The standard InChI is InChI=1S/C10H21N3O3/c1-5-12-9(15)13-8(14)7(2)16-10(3,4)6-11/h7H,5-6,11H2,1-4H3,(H2,12,13,14,15). The van der Waals surface area contributed by atoms with Gasteiger partial charge in [0.2, 0.25) is 0 Å². The van der Waals surface area contributed by atoms with E-state index in [9.17, 15) is 9.59 Å². The van der Waals surface area contributed by atoms with Crippen molar-refractivity contribution in [3.8, 4) is 0 Å². The summed E-state index contributed by atoms with van der Waals surface area (Å²) in [5.41, 5.74) is 4.88. The van der Waals surface area contributed by atoms with Crippen LogP contribution in [-0.2, 0) is 9.53 Å². The molecule has 6 heteroatoms. The van der Waals surface area contributed by atoms with E-state index in [-0.39, 0.29) is 0 Å². The number of nitrogens with one attached hydrogen (secondary N) is 2. The monoisotopic (exact) mass is 231 g/mol. The predicted octanol–water partition coefficient (Wildman–Crippen LogP) is -0.0255. The Balaban J connectivity index is 4.14. The molecule has 0 saturated heterocycles. The smallest absolute Gasteiger partial charge is 0.321 e. The van der Waals surface area contributed by atoms with Gasteiger partial charge >= 0.3 is 6.03 Å². The van der Waals surface area contributed by atoms with Gasteiger partial charge in [-0.1, -0.05) is 0 Å². The molecule has 0 aromatic carbocycles. The second-order valence-corrected chi connectivity index (χ2v) is 4.07. The molecule has 16 heavy (non-hydrogen) atoms. The third kappa shape index (κ3) is 5.67. The van der Waals surface area contributed by atoms with Gasteiger partial charge in [-0.25, -0.2) is 4.79 Å². The Bertz CT molecular complexity index is 254. The van der Waals surface area contributed by atoms with Crippen LogP contribution in [0.4, 0.5) is 4.79 Å². The quantitative estimate of drug-likeness (QED) is 0.619. The van der Waals surface area contributed by atoms with Crippen molar-refractivity contribution in [2.24, 2.45) is 5.73 Å². The Kier molecular flexibility index (Phi) is 5.98. The molecule has 0 aliphatic heterocycles. The summed E-state index contributed by atoms with van der Waals surface area (Å²) in [6, 6.07) is -0.520. The molecule has 6 nitrogen and oxygen atoms in total. The second-order valence-electron chi connectivity index (χ2n) is 4.07. The molecule has 4 N–H and O–H groups in total. The molecule has 0 saturated carbocycles. The zero-order valence-corrected chi connectivity index (χ0v) is 10.3. The summed E-state index contributed by atoms with van der Waals surface area (Å²) >= 11 is 0. The highest BCUT2D eigenvalue weighted by molar-refractivity contribution is 5.96. The number of rotatable bonds is 5. The van der Waals surface area contributed by atoms with Crippen molar-refractivity contribution in [1.29, 1.82) is 0 Å². The maximum absolute atomic E-state index is 11.5. The first kappa shape index (κ1) is 14.9. The van der Waals surface area contributed by atoms with Gasteiger partial charge in [-0.2, -0.15) is 0 Å². The Morgan fingerprint density at radius 2 is 2.00 bits per heavy atom. The van der Waals surface area contributed by atoms with Crippen LogP contribution >= 0.6 is 0 Å². The van der Waals surface area contributed by atoms with Crippen LogP contribution < -0.4 is 16.4 Å². The Hall–Kier alpha value is -1.14. The summed E-state index contributed by atoms with van der Waals surface area (Å²) in [5, 5.41) is 4.63. The van der Waals surface area contributed by atoms with E-state index in [1.807, 2.05) is 0 Å². The van der Waals surface area contributed by atoms with Crippen molar-refractivity contribution in [3.05, 3.63) is 0 Å². The largest absolute Gasteiger partial charge is 0.361 e. The lowest BCUT2D eigenvalue weighted by Gasteiger charge is -2.26. The summed E-state index contributed by atoms with van der Waals surface area (Å²) in [7, 11) is 0. The first-order valence-corrected chi connectivity index (χ1v) is 5.29. The van der Waals surface area contributed by atoms with E-state index in [1.54, 1.807) is 27.7 Å². The highest BCUT2D eigenvalue weighted by Gasteiger charge is 2.24. The van der Waals surface area contributed by atoms with Crippen LogP contribution in [-0.4, -0.2) is 36.7 Å². The Morgan fingerprint density at radius 1 is 1.44 bits per heavy atom. The summed E-state index contributed by atoms with van der Waals surface area (Å²) in [4.78, 5) is 22.6. The SMILES string of the molecule is CCNC(=O)NC(=O)C(C)OC(C)(C)CN. The van der Waals surface area contributed by atoms with E-state index in [4.69, 9.17) is 10.5 Å². The number of ether oxygens (including phenoxy) is 1. The lowest BCUT2D eigenvalue weighted by Crippen LogP contribution is -2.47. The van der Waals surface area contributed by atoms with E-state index in [0.29, 0.717) is 13.1 Å². The molecule has 0 bridgehead atoms. The van der Waals surface area contributed by atoms with Gasteiger partial charge in [0, 0.05) is 13.1 Å². The fraction of sp³-hybridized carbons (Fsp3) is 0.800. The molecule has 3 amide bonds. The summed E-state index contributed by atoms with van der Waals surface area (Å²) < 4.78 is 5.41. The summed E-state index contributed by atoms with van der Waals surface area (Å²) in [6.45, 7) is 7.66. The Labute approximate surface area is 95.9 Å². The van der Waals surface area contributed by atoms with Gasteiger partial charge in [0.1, 0.15) is 6.10 Å². The van der Waals surface area contributed by atoms with E-state index < -0.39 is 23.6 Å². The lowest BCUT2D eigenvalue weighted by atomic mass is 10.1. The maximum Gasteiger partial charge on any atom is 0.321 e. The minimum Gasteiger partial charge on any atom is -0.361 e. The molecule has 0 rings (SSSR count). The van der Waals surface area contributed by atoms with Gasteiger partial charge in [-0.05, 0) is 27.7 Å². The van der Waals surface area contributed by atoms with Crippen LogP contribution in [0.1, 0.15) is 27.7 Å². The van der Waals surface area contributed by atoms with Crippen LogP contribution in [0.3, 0.4) is 0 Å². The van der Waals surface area contributed by atoms with Crippen molar-refractivity contribution in [3.63, 3.8) is 0 Å². The molecule has 0 spiro atoms. The summed E-state index contributed by atoms with van der Waals surface area (Å²) in [6.07, 6.45) is -0.721. The fourth-order valence-corrected chi connectivity index (χ4v) is 0.998. The van der Waals surface area contributed by atoms with Gasteiger partial charge in [-0.15, -0.1) is 0 Å². The fourth-order valence-electron chi connectivity index (χ4n) is 0.998. The van der Waals surface area contributed by atoms with Gasteiger partial charge in [0.05, 0.1) is 5.60 Å². The molecule has 94 valence electrons. The highest BCUT2D eigenvalue weighted by Crippen LogP contribution is 2.10. The molecule has 0 radical (unpaired) electrons. The average Bonchev–Trinajstić information content (AvgIpc) is 2.17. The topological polar surface area (TPSA) is 93.5 Å². The van der Waals surface area contributed by atoms with Crippen molar-refractivity contribution in [2.45, 2.75) is 39.4 Å². The van der Waals surface area contributed by atoms with E-state index >= 15 is 0 Å². The minimum atomic E-state index is -0.721. The van der Waals surface area contributed by atoms with E-state index in [1.165, 1.54) is 0 Å². The number of hydrogen-bond donors (Lipinski definition) is 3. The molecule has 0 aromatic rings. The molecule has 0 heterocycles. The molecule has 1 unspecified atom stereocenters. The van der Waals surface area contributed by atoms with Gasteiger partial charge in [0.25, 0.3) is 5.91 Å². The summed E-state index contributed by atoms with van der Waals surface area (Å²) in [5.74, 6) is -0.479.